The number of methoxy groups -OCH3 is 1. The number of aliphatic hydroxyl groups is 2. The number of ketones is 1. The largest absolute Gasteiger partial charge is 0.497 e. The Balaban J connectivity index is 0.000000315. The lowest BCUT2D eigenvalue weighted by molar-refractivity contribution is -0.146. The van der Waals surface area contributed by atoms with Gasteiger partial charge in [0.15, 0.2) is 12.7 Å². The Labute approximate surface area is 421 Å². The number of carbonyl (C=O) groups excluding carboxylic acids is 3. The number of hydrogen-bond acceptors (Lipinski definition) is 17. The maximum Gasteiger partial charge on any atom is 0.413 e. The molecule has 2 aromatic heterocycles. The number of aromatic nitrogens is 2. The van der Waals surface area contributed by atoms with Gasteiger partial charge >= 0.3 is 38.1 Å². The van der Waals surface area contributed by atoms with Crippen LogP contribution in [-0.2, 0) is 57.3 Å². The number of alkyl halides is 2. The van der Waals surface area contributed by atoms with Crippen LogP contribution in [0.4, 0.5) is 19.4 Å². The molecule has 4 aromatic carbocycles. The van der Waals surface area contributed by atoms with Gasteiger partial charge in [-0.2, -0.15) is 13.8 Å². The SMILES string of the molecule is COc1cc(CO)c2oc(COC(=O)Nc3ccn([C@@H]4O[C@H](COP(=O)(C[C@@H](C)C(C)=O)Oc5ccccc5)[C@@H](O)C4(F)F)c(=O)n3)cc2c1.C[C@H](NP(=O)(Cl)Oc1ccccc1)C(=O)OCc1ccccc1. The van der Waals surface area contributed by atoms with Crippen LogP contribution in [0.1, 0.15) is 43.9 Å². The van der Waals surface area contributed by atoms with Crippen molar-refractivity contribution in [2.75, 3.05) is 25.2 Å². The Morgan fingerprint density at radius 2 is 1.52 bits per heavy atom. The zero-order valence-electron chi connectivity index (χ0n) is 39.5. The Morgan fingerprint density at radius 3 is 2.12 bits per heavy atom. The second kappa shape index (κ2) is 25.0. The van der Waals surface area contributed by atoms with Crippen LogP contribution in [0, 0.1) is 5.92 Å². The summed E-state index contributed by atoms with van der Waals surface area (Å²) in [5.41, 5.74) is 0.430. The van der Waals surface area contributed by atoms with Gasteiger partial charge in [-0.25, -0.2) is 23.8 Å². The molecule has 390 valence electrons. The summed E-state index contributed by atoms with van der Waals surface area (Å²) in [6.07, 6.45) is -7.18. The van der Waals surface area contributed by atoms with Gasteiger partial charge in [-0.05, 0) is 67.9 Å². The number of aliphatic hydroxyl groups excluding tert-OH is 2. The molecular formula is C48H51ClF2N4O16P2. The Morgan fingerprint density at radius 1 is 0.890 bits per heavy atom. The van der Waals surface area contributed by atoms with E-state index in [-0.39, 0.29) is 49.1 Å². The van der Waals surface area contributed by atoms with E-state index in [0.717, 1.165) is 17.8 Å². The van der Waals surface area contributed by atoms with Crippen LogP contribution in [0.3, 0.4) is 0 Å². The number of carbonyl (C=O) groups is 3. The summed E-state index contributed by atoms with van der Waals surface area (Å²) in [6.45, 7) is -0.762. The first kappa shape index (κ1) is 55.8. The van der Waals surface area contributed by atoms with Crippen molar-refractivity contribution in [3.05, 3.63) is 149 Å². The fourth-order valence-corrected chi connectivity index (χ4v) is 10.5. The summed E-state index contributed by atoms with van der Waals surface area (Å²) in [5.74, 6) is -4.81. The lowest BCUT2D eigenvalue weighted by Crippen LogP contribution is -2.42. The maximum atomic E-state index is 15.3. The molecule has 1 aliphatic heterocycles. The van der Waals surface area contributed by atoms with Crippen molar-refractivity contribution in [1.82, 2.24) is 14.6 Å². The van der Waals surface area contributed by atoms with E-state index in [2.05, 4.69) is 15.4 Å². The molecule has 4 N–H and O–H groups in total. The third-order valence-corrected chi connectivity index (χ3v) is 14.3. The summed E-state index contributed by atoms with van der Waals surface area (Å²) < 4.78 is 99.4. The van der Waals surface area contributed by atoms with Crippen molar-refractivity contribution in [1.29, 1.82) is 0 Å². The molecule has 3 heterocycles. The van der Waals surface area contributed by atoms with Gasteiger partial charge in [0, 0.05) is 34.3 Å². The van der Waals surface area contributed by atoms with Crippen molar-refractivity contribution in [2.24, 2.45) is 5.92 Å². The lowest BCUT2D eigenvalue weighted by atomic mass is 10.1. The molecule has 1 aliphatic rings. The normalized spacial score (nSPS) is 18.4. The molecule has 1 amide bonds. The number of esters is 1. The predicted octanol–water partition coefficient (Wildman–Crippen LogP) is 8.78. The number of anilines is 1. The molecule has 6 aromatic rings. The molecule has 20 nitrogen and oxygen atoms in total. The van der Waals surface area contributed by atoms with Gasteiger partial charge in [-0.1, -0.05) is 73.7 Å². The minimum Gasteiger partial charge on any atom is -0.497 e. The summed E-state index contributed by atoms with van der Waals surface area (Å²) >= 11 is 5.84. The number of ether oxygens (including phenoxy) is 4. The number of halogens is 3. The highest BCUT2D eigenvalue weighted by Crippen LogP contribution is 2.52. The summed E-state index contributed by atoms with van der Waals surface area (Å²) in [7, 11) is -2.68. The Hall–Kier alpha value is -6.48. The fraction of sp³-hybridized carbons (Fsp3) is 0.312. The van der Waals surface area contributed by atoms with Crippen molar-refractivity contribution in [3.63, 3.8) is 0 Å². The highest BCUT2D eigenvalue weighted by atomic mass is 35.7. The molecule has 0 spiro atoms. The van der Waals surface area contributed by atoms with Gasteiger partial charge in [0.1, 0.15) is 58.9 Å². The smallest absolute Gasteiger partial charge is 0.413 e. The number of Topliss-reactive ketones (excluding diaryl/α,β-unsaturated/α-hetero) is 1. The number of amides is 1. The van der Waals surface area contributed by atoms with Gasteiger partial charge in [0.25, 0.3) is 0 Å². The number of nitrogens with zero attached hydrogens (tertiary/aromatic N) is 2. The van der Waals surface area contributed by atoms with E-state index in [1.807, 2.05) is 30.3 Å². The maximum absolute atomic E-state index is 15.3. The average Bonchev–Trinajstić information content (AvgIpc) is 3.88. The second-order valence-corrected chi connectivity index (χ2v) is 21.0. The molecule has 1 saturated heterocycles. The quantitative estimate of drug-likeness (QED) is 0.0387. The first-order chi connectivity index (χ1) is 34.7. The molecule has 7 rings (SSSR count). The number of para-hydroxylation sites is 2. The second-order valence-electron chi connectivity index (χ2n) is 16.3. The predicted molar refractivity (Wildman–Crippen MR) is 261 cm³/mol. The molecule has 73 heavy (non-hydrogen) atoms. The standard InChI is InChI=1S/C32H34F2N3O12P.C16H17ClNO4P/c1-18(19(2)39)17-50(43,49-22-7-5-4-6-8-22)46-16-25-28(40)32(33,34)29(48-25)37-10-9-26(35-30(37)41)36-31(42)45-15-24-12-20-11-23(44-3)13-21(14-38)27(20)47-24;1-13(16(19)21-12-14-8-4-2-5-9-14)18-23(17,20)22-15-10-6-3-7-11-15/h4-13,18,25,28-29,38,40H,14-17H2,1-3H3,(H,35,36,41,42);2-11,13H,12H2,1H3,(H,18,20)/t18-,25-,28-,29-,50?;13-,23?/m10/s1. The molecule has 0 bridgehead atoms. The molecule has 0 saturated carbocycles. The van der Waals surface area contributed by atoms with Crippen molar-refractivity contribution in [2.45, 2.75) is 71.0 Å². The Kier molecular flexibility index (Phi) is 19.1. The number of furan rings is 1. The minimum absolute atomic E-state index is 0.137. The highest BCUT2D eigenvalue weighted by Gasteiger charge is 2.60. The van der Waals surface area contributed by atoms with E-state index in [4.69, 9.17) is 48.2 Å². The highest BCUT2D eigenvalue weighted by molar-refractivity contribution is 7.84. The van der Waals surface area contributed by atoms with Gasteiger partial charge in [0.05, 0.1) is 26.5 Å². The number of nitrogens with one attached hydrogen (secondary N) is 2. The zero-order chi connectivity index (χ0) is 52.9. The number of benzene rings is 4. The molecule has 25 heteroatoms. The summed E-state index contributed by atoms with van der Waals surface area (Å²) in [4.78, 5) is 52.6. The molecular weight excluding hydrogens is 1020 g/mol. The van der Waals surface area contributed by atoms with E-state index in [1.165, 1.54) is 40.0 Å². The molecule has 7 atom stereocenters. The summed E-state index contributed by atoms with van der Waals surface area (Å²) in [5, 5.41) is 25.3. The average molecular weight is 1080 g/mol. The molecule has 2 unspecified atom stereocenters. The van der Waals surface area contributed by atoms with Crippen LogP contribution in [0.2, 0.25) is 0 Å². The number of hydrogen-bond donors (Lipinski definition) is 4. The minimum atomic E-state index is -4.15. The fourth-order valence-electron chi connectivity index (χ4n) is 6.79. The van der Waals surface area contributed by atoms with Crippen molar-refractivity contribution in [3.8, 4) is 17.2 Å². The number of fused-ring (bicyclic) bond motifs is 1. The topological polar surface area (TPSA) is 263 Å². The third kappa shape index (κ3) is 15.5. The van der Waals surface area contributed by atoms with Crippen LogP contribution in [-0.4, -0.2) is 81.7 Å². The van der Waals surface area contributed by atoms with Crippen LogP contribution in [0.25, 0.3) is 11.0 Å². The van der Waals surface area contributed by atoms with Gasteiger partial charge in [0.2, 0.25) is 6.23 Å². The van der Waals surface area contributed by atoms with Crippen LogP contribution < -0.4 is 29.9 Å². The number of rotatable bonds is 21. The van der Waals surface area contributed by atoms with Crippen molar-refractivity contribution >= 4 is 60.3 Å². The first-order valence-electron chi connectivity index (χ1n) is 22.1. The lowest BCUT2D eigenvalue weighted by Gasteiger charge is -2.23. The molecule has 0 aliphatic carbocycles. The van der Waals surface area contributed by atoms with E-state index in [0.29, 0.717) is 32.6 Å². The zero-order valence-corrected chi connectivity index (χ0v) is 42.0. The van der Waals surface area contributed by atoms with Crippen LogP contribution in [0.5, 0.6) is 17.2 Å². The van der Waals surface area contributed by atoms with E-state index >= 15 is 8.78 Å². The van der Waals surface area contributed by atoms with E-state index in [1.54, 1.807) is 66.7 Å². The monoisotopic (exact) mass is 1070 g/mol. The first-order valence-corrected chi connectivity index (χ1v) is 26.4. The molecule has 1 fully saturated rings. The Bertz CT molecular complexity index is 2990. The van der Waals surface area contributed by atoms with E-state index < -0.39 is 75.1 Å². The van der Waals surface area contributed by atoms with Crippen LogP contribution >= 0.6 is 25.7 Å². The third-order valence-electron chi connectivity index (χ3n) is 10.7. The van der Waals surface area contributed by atoms with E-state index in [9.17, 15) is 38.5 Å². The van der Waals surface area contributed by atoms with Crippen LogP contribution in [0.15, 0.2) is 131 Å². The summed E-state index contributed by atoms with van der Waals surface area (Å²) in [6, 6.07) is 30.6. The van der Waals surface area contributed by atoms with Gasteiger partial charge in [-0.15, -0.1) is 0 Å². The van der Waals surface area contributed by atoms with Gasteiger partial charge < -0.3 is 42.6 Å². The van der Waals surface area contributed by atoms with Crippen molar-refractivity contribution < 1.29 is 79.4 Å². The van der Waals surface area contributed by atoms with Gasteiger partial charge in [-0.3, -0.25) is 24.0 Å². The molecule has 0 radical (unpaired) electrons.